The van der Waals surface area contributed by atoms with E-state index in [-0.39, 0.29) is 18.4 Å². The summed E-state index contributed by atoms with van der Waals surface area (Å²) in [6.45, 7) is 2.53. The van der Waals surface area contributed by atoms with E-state index in [1.54, 1.807) is 12.1 Å². The fourth-order valence-corrected chi connectivity index (χ4v) is 3.12. The van der Waals surface area contributed by atoms with Crippen LogP contribution in [0.2, 0.25) is 10.0 Å². The van der Waals surface area contributed by atoms with Gasteiger partial charge in [0.15, 0.2) is 0 Å². The van der Waals surface area contributed by atoms with E-state index in [0.29, 0.717) is 21.5 Å². The zero-order valence-electron chi connectivity index (χ0n) is 13.8. The van der Waals surface area contributed by atoms with Crippen molar-refractivity contribution in [1.82, 2.24) is 15.5 Å². The summed E-state index contributed by atoms with van der Waals surface area (Å²) in [6, 6.07) is 4.65. The molecule has 2 rings (SSSR count). The average molecular weight is 372 g/mol. The third-order valence-electron chi connectivity index (χ3n) is 4.35. The van der Waals surface area contributed by atoms with Crippen LogP contribution in [0.3, 0.4) is 0 Å². The van der Waals surface area contributed by atoms with Crippen molar-refractivity contribution in [2.24, 2.45) is 5.92 Å². The summed E-state index contributed by atoms with van der Waals surface area (Å²) in [6.07, 6.45) is 3.19. The van der Waals surface area contributed by atoms with E-state index < -0.39 is 0 Å². The molecule has 1 saturated heterocycles. The molecule has 1 aromatic carbocycles. The standard InChI is InChI=1S/C17H23Cl2N3O2/c1-20-7-4-12-5-8-22(9-6-12)16(23)11-21-17(24)13-2-3-14(18)15(19)10-13/h2-3,10,12,20H,4-9,11H2,1H3,(H,21,24). The average Bonchev–Trinajstić information content (AvgIpc) is 2.60. The highest BCUT2D eigenvalue weighted by Crippen LogP contribution is 2.22. The number of benzene rings is 1. The van der Waals surface area contributed by atoms with Gasteiger partial charge in [-0.3, -0.25) is 9.59 Å². The summed E-state index contributed by atoms with van der Waals surface area (Å²) in [5.41, 5.74) is 0.392. The molecule has 1 aliphatic heterocycles. The van der Waals surface area contributed by atoms with E-state index in [2.05, 4.69) is 10.6 Å². The van der Waals surface area contributed by atoms with Crippen molar-refractivity contribution in [3.05, 3.63) is 33.8 Å². The third-order valence-corrected chi connectivity index (χ3v) is 5.09. The predicted molar refractivity (Wildman–Crippen MR) is 96.6 cm³/mol. The number of hydrogen-bond donors (Lipinski definition) is 2. The molecule has 2 amide bonds. The van der Waals surface area contributed by atoms with Gasteiger partial charge in [0, 0.05) is 18.7 Å². The lowest BCUT2D eigenvalue weighted by molar-refractivity contribution is -0.131. The minimum atomic E-state index is -0.328. The summed E-state index contributed by atoms with van der Waals surface area (Å²) in [5.74, 6) is 0.300. The van der Waals surface area contributed by atoms with E-state index in [9.17, 15) is 9.59 Å². The van der Waals surface area contributed by atoms with Gasteiger partial charge in [0.25, 0.3) is 5.91 Å². The molecule has 5 nitrogen and oxygen atoms in total. The lowest BCUT2D eigenvalue weighted by Crippen LogP contribution is -2.44. The number of carbonyl (C=O) groups excluding carboxylic acids is 2. The lowest BCUT2D eigenvalue weighted by atomic mass is 9.93. The Morgan fingerprint density at radius 1 is 1.21 bits per heavy atom. The first-order chi connectivity index (χ1) is 11.5. The topological polar surface area (TPSA) is 61.4 Å². The number of amides is 2. The maximum atomic E-state index is 12.2. The maximum absolute atomic E-state index is 12.2. The van der Waals surface area contributed by atoms with Gasteiger partial charge >= 0.3 is 0 Å². The van der Waals surface area contributed by atoms with Gasteiger partial charge in [-0.15, -0.1) is 0 Å². The Morgan fingerprint density at radius 2 is 1.92 bits per heavy atom. The van der Waals surface area contributed by atoms with Gasteiger partial charge < -0.3 is 15.5 Å². The molecule has 0 bridgehead atoms. The molecule has 1 fully saturated rings. The summed E-state index contributed by atoms with van der Waals surface area (Å²) in [4.78, 5) is 26.1. The van der Waals surface area contributed by atoms with Gasteiger partial charge in [-0.1, -0.05) is 23.2 Å². The fraction of sp³-hybridized carbons (Fsp3) is 0.529. The number of rotatable bonds is 6. The van der Waals surface area contributed by atoms with Gasteiger partial charge in [0.05, 0.1) is 16.6 Å². The molecule has 7 heteroatoms. The minimum Gasteiger partial charge on any atom is -0.343 e. The van der Waals surface area contributed by atoms with Crippen molar-refractivity contribution >= 4 is 35.0 Å². The van der Waals surface area contributed by atoms with Crippen LogP contribution >= 0.6 is 23.2 Å². The highest BCUT2D eigenvalue weighted by Gasteiger charge is 2.22. The van der Waals surface area contributed by atoms with E-state index in [1.807, 2.05) is 11.9 Å². The number of piperidine rings is 1. The Hall–Kier alpha value is -1.30. The number of halogens is 2. The molecule has 0 radical (unpaired) electrons. The van der Waals surface area contributed by atoms with Crippen LogP contribution in [0.1, 0.15) is 29.6 Å². The first kappa shape index (κ1) is 19.0. The number of carbonyl (C=O) groups is 2. The van der Waals surface area contributed by atoms with Crippen molar-refractivity contribution in [2.75, 3.05) is 33.2 Å². The van der Waals surface area contributed by atoms with Crippen molar-refractivity contribution in [3.63, 3.8) is 0 Å². The van der Waals surface area contributed by atoms with Gasteiger partial charge in [0.1, 0.15) is 0 Å². The molecule has 2 N–H and O–H groups in total. The number of nitrogens with one attached hydrogen (secondary N) is 2. The Kier molecular flexibility index (Phi) is 7.34. The first-order valence-corrected chi connectivity index (χ1v) is 8.92. The Balaban J connectivity index is 1.77. The van der Waals surface area contributed by atoms with Crippen LogP contribution in [0.25, 0.3) is 0 Å². The summed E-state index contributed by atoms with van der Waals surface area (Å²) < 4.78 is 0. The smallest absolute Gasteiger partial charge is 0.251 e. The van der Waals surface area contributed by atoms with E-state index >= 15 is 0 Å². The molecule has 1 aromatic rings. The summed E-state index contributed by atoms with van der Waals surface area (Å²) in [7, 11) is 1.95. The second-order valence-electron chi connectivity index (χ2n) is 6.03. The van der Waals surface area contributed by atoms with Crippen LogP contribution in [0.4, 0.5) is 0 Å². The summed E-state index contributed by atoms with van der Waals surface area (Å²) >= 11 is 11.7. The largest absolute Gasteiger partial charge is 0.343 e. The van der Waals surface area contributed by atoms with Gasteiger partial charge in [-0.2, -0.15) is 0 Å². The van der Waals surface area contributed by atoms with Crippen molar-refractivity contribution in [3.8, 4) is 0 Å². The molecular formula is C17H23Cl2N3O2. The molecule has 1 heterocycles. The van der Waals surface area contributed by atoms with E-state index in [0.717, 1.165) is 38.9 Å². The third kappa shape index (κ3) is 5.36. The van der Waals surface area contributed by atoms with Crippen molar-refractivity contribution < 1.29 is 9.59 Å². The minimum absolute atomic E-state index is 0.000259. The maximum Gasteiger partial charge on any atom is 0.251 e. The van der Waals surface area contributed by atoms with Gasteiger partial charge in [-0.25, -0.2) is 0 Å². The summed E-state index contributed by atoms with van der Waals surface area (Å²) in [5, 5.41) is 6.52. The SMILES string of the molecule is CNCCC1CCN(C(=O)CNC(=O)c2ccc(Cl)c(Cl)c2)CC1. The fourth-order valence-electron chi connectivity index (χ4n) is 2.83. The van der Waals surface area contributed by atoms with Crippen LogP contribution in [-0.4, -0.2) is 49.9 Å². The number of nitrogens with zero attached hydrogens (tertiary/aromatic N) is 1. The molecule has 0 atom stereocenters. The normalized spacial score (nSPS) is 15.4. The molecule has 1 aliphatic rings. The van der Waals surface area contributed by atoms with Gasteiger partial charge in [0.2, 0.25) is 5.91 Å². The molecule has 0 aromatic heterocycles. The molecule has 0 saturated carbocycles. The van der Waals surface area contributed by atoms with Crippen LogP contribution in [0.5, 0.6) is 0 Å². The predicted octanol–water partition coefficient (Wildman–Crippen LogP) is 2.57. The Morgan fingerprint density at radius 3 is 2.54 bits per heavy atom. The van der Waals surface area contributed by atoms with Crippen molar-refractivity contribution in [2.45, 2.75) is 19.3 Å². The van der Waals surface area contributed by atoms with Crippen molar-refractivity contribution in [1.29, 1.82) is 0 Å². The van der Waals surface area contributed by atoms with Crippen LogP contribution in [-0.2, 0) is 4.79 Å². The van der Waals surface area contributed by atoms with E-state index in [1.165, 1.54) is 6.07 Å². The zero-order valence-corrected chi connectivity index (χ0v) is 15.3. The monoisotopic (exact) mass is 371 g/mol. The van der Waals surface area contributed by atoms with Gasteiger partial charge in [-0.05, 0) is 57.0 Å². The van der Waals surface area contributed by atoms with Crippen LogP contribution in [0, 0.1) is 5.92 Å². The Bertz CT molecular complexity index is 587. The van der Waals surface area contributed by atoms with Crippen LogP contribution in [0.15, 0.2) is 18.2 Å². The zero-order chi connectivity index (χ0) is 17.5. The highest BCUT2D eigenvalue weighted by atomic mass is 35.5. The van der Waals surface area contributed by atoms with E-state index in [4.69, 9.17) is 23.2 Å². The lowest BCUT2D eigenvalue weighted by Gasteiger charge is -2.32. The first-order valence-electron chi connectivity index (χ1n) is 8.17. The van der Waals surface area contributed by atoms with Crippen LogP contribution < -0.4 is 10.6 Å². The molecular weight excluding hydrogens is 349 g/mol. The molecule has 24 heavy (non-hydrogen) atoms. The molecule has 0 unspecified atom stereocenters. The second kappa shape index (κ2) is 9.25. The number of likely N-dealkylation sites (tertiary alicyclic amines) is 1. The molecule has 132 valence electrons. The molecule has 0 aliphatic carbocycles. The molecule has 0 spiro atoms. The highest BCUT2D eigenvalue weighted by molar-refractivity contribution is 6.42. The number of hydrogen-bond acceptors (Lipinski definition) is 3. The Labute approximate surface area is 152 Å². The second-order valence-corrected chi connectivity index (χ2v) is 6.84. The quantitative estimate of drug-likeness (QED) is 0.807.